The van der Waals surface area contributed by atoms with Crippen molar-refractivity contribution >= 4 is 5.96 Å². The molecule has 1 heterocycles. The number of nitrogens with one attached hydrogen (secondary N) is 2. The van der Waals surface area contributed by atoms with Gasteiger partial charge in [-0.25, -0.2) is 4.39 Å². The highest BCUT2D eigenvalue weighted by molar-refractivity contribution is 5.79. The van der Waals surface area contributed by atoms with Gasteiger partial charge in [0.05, 0.1) is 12.2 Å². The number of aromatic nitrogens is 2. The fourth-order valence-corrected chi connectivity index (χ4v) is 2.76. The molecule has 26 heavy (non-hydrogen) atoms. The van der Waals surface area contributed by atoms with E-state index in [1.807, 2.05) is 25.6 Å². The second-order valence-electron chi connectivity index (χ2n) is 6.29. The highest BCUT2D eigenvalue weighted by Gasteiger charge is 2.10. The van der Waals surface area contributed by atoms with Crippen LogP contribution in [0, 0.1) is 19.7 Å². The lowest BCUT2D eigenvalue weighted by molar-refractivity contribution is 0.223. The first-order valence-electron chi connectivity index (χ1n) is 8.76. The summed E-state index contributed by atoms with van der Waals surface area (Å²) in [7, 11) is 3.69. The fourth-order valence-electron chi connectivity index (χ4n) is 2.76. The van der Waals surface area contributed by atoms with Crippen LogP contribution in [0.2, 0.25) is 0 Å². The van der Waals surface area contributed by atoms with Gasteiger partial charge in [0.2, 0.25) is 0 Å². The lowest BCUT2D eigenvalue weighted by atomic mass is 10.1. The molecule has 0 fully saturated rings. The van der Waals surface area contributed by atoms with E-state index in [0.717, 1.165) is 18.7 Å². The van der Waals surface area contributed by atoms with E-state index in [9.17, 15) is 4.39 Å². The van der Waals surface area contributed by atoms with Gasteiger partial charge < -0.3 is 15.4 Å². The van der Waals surface area contributed by atoms with Crippen molar-refractivity contribution in [2.45, 2.75) is 33.3 Å². The van der Waals surface area contributed by atoms with Crippen molar-refractivity contribution < 1.29 is 9.13 Å². The molecule has 1 unspecified atom stereocenters. The maximum absolute atomic E-state index is 13.2. The molecule has 7 heteroatoms. The van der Waals surface area contributed by atoms with Gasteiger partial charge in [-0.15, -0.1) is 0 Å². The molecule has 0 amide bonds. The maximum Gasteiger partial charge on any atom is 0.191 e. The Morgan fingerprint density at radius 3 is 2.73 bits per heavy atom. The molecule has 6 nitrogen and oxygen atoms in total. The monoisotopic (exact) mass is 361 g/mol. The minimum Gasteiger partial charge on any atom is -0.489 e. The number of hydrogen-bond donors (Lipinski definition) is 2. The number of rotatable bonds is 7. The van der Waals surface area contributed by atoms with Crippen LogP contribution in [0.25, 0.3) is 0 Å². The summed E-state index contributed by atoms with van der Waals surface area (Å²) in [6.45, 7) is 7.34. The van der Waals surface area contributed by atoms with Crippen LogP contribution in [-0.4, -0.2) is 42.0 Å². The van der Waals surface area contributed by atoms with Crippen LogP contribution in [0.4, 0.5) is 4.39 Å². The zero-order valence-corrected chi connectivity index (χ0v) is 16.1. The first kappa shape index (κ1) is 19.8. The topological polar surface area (TPSA) is 63.5 Å². The van der Waals surface area contributed by atoms with Crippen molar-refractivity contribution in [3.63, 3.8) is 0 Å². The number of halogens is 1. The smallest absolute Gasteiger partial charge is 0.191 e. The lowest BCUT2D eigenvalue weighted by Gasteiger charge is -2.18. The first-order valence-corrected chi connectivity index (χ1v) is 8.76. The van der Waals surface area contributed by atoms with Crippen molar-refractivity contribution in [1.82, 2.24) is 20.4 Å². The first-order chi connectivity index (χ1) is 12.4. The zero-order valence-electron chi connectivity index (χ0n) is 16.1. The van der Waals surface area contributed by atoms with Crippen molar-refractivity contribution in [3.8, 4) is 5.75 Å². The van der Waals surface area contributed by atoms with Crippen molar-refractivity contribution in [1.29, 1.82) is 0 Å². The quantitative estimate of drug-likeness (QED) is 0.587. The summed E-state index contributed by atoms with van der Waals surface area (Å²) in [4.78, 5) is 4.22. The van der Waals surface area contributed by atoms with E-state index in [1.165, 1.54) is 23.4 Å². The molecule has 0 bridgehead atoms. The number of aliphatic imine (C=N–C) groups is 1. The molecule has 1 aromatic carbocycles. The minimum absolute atomic E-state index is 0.127. The van der Waals surface area contributed by atoms with Crippen LogP contribution < -0.4 is 15.4 Å². The average molecular weight is 361 g/mol. The highest BCUT2D eigenvalue weighted by atomic mass is 19.1. The molecule has 1 atom stereocenters. The molecule has 2 rings (SSSR count). The van der Waals surface area contributed by atoms with Crippen LogP contribution in [0.1, 0.15) is 23.9 Å². The second-order valence-corrected chi connectivity index (χ2v) is 6.29. The standard InChI is InChI=1S/C19H28FN5O/c1-13(26-17-8-6-7-16(20)11-17)12-23-19(21-4)22-10-9-18-14(2)24-25(5)15(18)3/h6-8,11,13H,9-10,12H2,1-5H3,(H2,21,22,23). The minimum atomic E-state index is -0.305. The Bertz CT molecular complexity index is 756. The van der Waals surface area contributed by atoms with E-state index in [2.05, 4.69) is 27.6 Å². The molecular weight excluding hydrogens is 333 g/mol. The SMILES string of the molecule is CN=C(NCCc1c(C)nn(C)c1C)NCC(C)Oc1cccc(F)c1. The molecule has 0 aliphatic carbocycles. The van der Waals surface area contributed by atoms with Crippen LogP contribution in [0.3, 0.4) is 0 Å². The van der Waals surface area contributed by atoms with Gasteiger partial charge >= 0.3 is 0 Å². The third-order valence-corrected chi connectivity index (χ3v) is 4.24. The Balaban J connectivity index is 1.77. The predicted molar refractivity (Wildman–Crippen MR) is 102 cm³/mol. The normalized spacial score (nSPS) is 12.8. The number of benzene rings is 1. The number of ether oxygens (including phenoxy) is 1. The maximum atomic E-state index is 13.2. The molecule has 2 N–H and O–H groups in total. The number of nitrogens with zero attached hydrogens (tertiary/aromatic N) is 3. The highest BCUT2D eigenvalue weighted by Crippen LogP contribution is 2.13. The van der Waals surface area contributed by atoms with Gasteiger partial charge in [-0.2, -0.15) is 5.10 Å². The molecular formula is C19H28FN5O. The summed E-state index contributed by atoms with van der Waals surface area (Å²) in [5, 5.41) is 11.0. The third kappa shape index (κ3) is 5.47. The predicted octanol–water partition coefficient (Wildman–Crippen LogP) is 2.35. The lowest BCUT2D eigenvalue weighted by Crippen LogP contribution is -2.42. The van der Waals surface area contributed by atoms with E-state index < -0.39 is 0 Å². The van der Waals surface area contributed by atoms with Gasteiger partial charge in [0.25, 0.3) is 0 Å². The van der Waals surface area contributed by atoms with Crippen molar-refractivity contribution in [2.24, 2.45) is 12.0 Å². The summed E-state index contributed by atoms with van der Waals surface area (Å²) in [5.41, 5.74) is 3.51. The van der Waals surface area contributed by atoms with Crippen molar-refractivity contribution in [2.75, 3.05) is 20.1 Å². The van der Waals surface area contributed by atoms with Gasteiger partial charge in [-0.05, 0) is 44.9 Å². The largest absolute Gasteiger partial charge is 0.489 e. The van der Waals surface area contributed by atoms with E-state index in [0.29, 0.717) is 18.3 Å². The van der Waals surface area contributed by atoms with Gasteiger partial charge in [0, 0.05) is 32.4 Å². The van der Waals surface area contributed by atoms with Crippen molar-refractivity contribution in [3.05, 3.63) is 47.0 Å². The zero-order chi connectivity index (χ0) is 19.1. The fraction of sp³-hybridized carbons (Fsp3) is 0.474. The molecule has 0 radical (unpaired) electrons. The van der Waals surface area contributed by atoms with Gasteiger partial charge in [0.1, 0.15) is 17.7 Å². The molecule has 0 saturated heterocycles. The number of guanidine groups is 1. The third-order valence-electron chi connectivity index (χ3n) is 4.24. The summed E-state index contributed by atoms with van der Waals surface area (Å²) in [6.07, 6.45) is 0.750. The van der Waals surface area contributed by atoms with E-state index in [-0.39, 0.29) is 11.9 Å². The summed E-state index contributed by atoms with van der Waals surface area (Å²) in [5.74, 6) is 0.921. The molecule has 0 aliphatic heterocycles. The van der Waals surface area contributed by atoms with E-state index in [1.54, 1.807) is 19.2 Å². The van der Waals surface area contributed by atoms with Crippen LogP contribution in [-0.2, 0) is 13.5 Å². The van der Waals surface area contributed by atoms with Crippen LogP contribution >= 0.6 is 0 Å². The second kappa shape index (κ2) is 9.22. The molecule has 2 aromatic rings. The molecule has 0 saturated carbocycles. The molecule has 0 spiro atoms. The summed E-state index contributed by atoms with van der Waals surface area (Å²) in [6, 6.07) is 6.15. The van der Waals surface area contributed by atoms with Gasteiger partial charge in [0.15, 0.2) is 5.96 Å². The summed E-state index contributed by atoms with van der Waals surface area (Å²) >= 11 is 0. The molecule has 0 aliphatic rings. The Labute approximate surface area is 154 Å². The van der Waals surface area contributed by atoms with Gasteiger partial charge in [-0.1, -0.05) is 6.07 Å². The Kier molecular flexibility index (Phi) is 7.00. The number of aryl methyl sites for hydroxylation is 2. The summed E-state index contributed by atoms with van der Waals surface area (Å²) < 4.78 is 20.8. The molecule has 1 aromatic heterocycles. The van der Waals surface area contributed by atoms with E-state index >= 15 is 0 Å². The van der Waals surface area contributed by atoms with Crippen LogP contribution in [0.15, 0.2) is 29.3 Å². The Morgan fingerprint density at radius 1 is 1.35 bits per heavy atom. The number of hydrogen-bond acceptors (Lipinski definition) is 3. The van der Waals surface area contributed by atoms with E-state index in [4.69, 9.17) is 4.74 Å². The Hall–Kier alpha value is -2.57. The van der Waals surface area contributed by atoms with Gasteiger partial charge in [-0.3, -0.25) is 9.67 Å². The Morgan fingerprint density at radius 2 is 2.12 bits per heavy atom. The van der Waals surface area contributed by atoms with Crippen LogP contribution in [0.5, 0.6) is 5.75 Å². The molecule has 142 valence electrons. The average Bonchev–Trinajstić information content (AvgIpc) is 2.83.